The van der Waals surface area contributed by atoms with E-state index in [1.165, 1.54) is 18.3 Å². The van der Waals surface area contributed by atoms with E-state index in [-0.39, 0.29) is 28.9 Å². The number of nitrogens with one attached hydrogen (secondary N) is 1. The van der Waals surface area contributed by atoms with Gasteiger partial charge in [-0.25, -0.2) is 0 Å². The maximum Gasteiger partial charge on any atom is 0.418 e. The zero-order valence-corrected chi connectivity index (χ0v) is 19.6. The van der Waals surface area contributed by atoms with E-state index in [0.717, 1.165) is 44.5 Å². The van der Waals surface area contributed by atoms with Gasteiger partial charge in [0.2, 0.25) is 0 Å². The Bertz CT molecular complexity index is 1110. The molecule has 1 aromatic heterocycles. The van der Waals surface area contributed by atoms with E-state index in [1.807, 2.05) is 0 Å². The van der Waals surface area contributed by atoms with Crippen molar-refractivity contribution >= 4 is 17.4 Å². The van der Waals surface area contributed by atoms with Crippen LogP contribution in [0, 0.1) is 22.7 Å². The predicted octanol–water partition coefficient (Wildman–Crippen LogP) is 3.90. The van der Waals surface area contributed by atoms with E-state index in [1.54, 1.807) is 4.68 Å². The van der Waals surface area contributed by atoms with Crippen LogP contribution in [0.1, 0.15) is 61.2 Å². The fourth-order valence-corrected chi connectivity index (χ4v) is 5.14. The number of benzene rings is 1. The average molecular weight is 491 g/mol. The number of amides is 1. The summed E-state index contributed by atoms with van der Waals surface area (Å²) in [5, 5.41) is 26.6. The first-order chi connectivity index (χ1) is 16.4. The SMILES string of the molecule is CC1(C)CN([C@H]2CC[C@H](n3cc(C(N)=O)c(Nc4ccc([C@H](O)C(F)(F)F)cc4)n3)[C@@H](C#N)C2)C1. The molecule has 188 valence electrons. The molecular formula is C24H29F3N6O2. The quantitative estimate of drug-likeness (QED) is 0.565. The van der Waals surface area contributed by atoms with E-state index in [9.17, 15) is 28.3 Å². The van der Waals surface area contributed by atoms with Crippen molar-refractivity contribution in [3.8, 4) is 6.07 Å². The number of alkyl halides is 3. The highest BCUT2D eigenvalue weighted by molar-refractivity contribution is 5.98. The van der Waals surface area contributed by atoms with Crippen LogP contribution < -0.4 is 11.1 Å². The molecule has 1 aliphatic carbocycles. The van der Waals surface area contributed by atoms with Crippen molar-refractivity contribution in [2.24, 2.45) is 17.1 Å². The van der Waals surface area contributed by atoms with E-state index in [0.29, 0.717) is 17.1 Å². The van der Waals surface area contributed by atoms with Crippen LogP contribution in [0.25, 0.3) is 0 Å². The van der Waals surface area contributed by atoms with Gasteiger partial charge in [0.1, 0.15) is 5.56 Å². The summed E-state index contributed by atoms with van der Waals surface area (Å²) in [5.41, 5.74) is 6.03. The lowest BCUT2D eigenvalue weighted by molar-refractivity contribution is -0.206. The molecule has 4 atom stereocenters. The van der Waals surface area contributed by atoms with Gasteiger partial charge in [-0.3, -0.25) is 14.4 Å². The number of hydrogen-bond donors (Lipinski definition) is 3. The molecule has 2 fully saturated rings. The highest BCUT2D eigenvalue weighted by Crippen LogP contribution is 2.41. The molecule has 0 unspecified atom stereocenters. The molecule has 0 bridgehead atoms. The summed E-state index contributed by atoms with van der Waals surface area (Å²) in [5.74, 6) is -0.841. The number of anilines is 2. The normalized spacial score (nSPS) is 25.3. The Hall–Kier alpha value is -3.10. The van der Waals surface area contributed by atoms with Gasteiger partial charge >= 0.3 is 6.18 Å². The van der Waals surface area contributed by atoms with Gasteiger partial charge in [-0.2, -0.15) is 23.5 Å². The molecule has 8 nitrogen and oxygen atoms in total. The van der Waals surface area contributed by atoms with Gasteiger partial charge < -0.3 is 16.2 Å². The van der Waals surface area contributed by atoms with Gasteiger partial charge in [-0.15, -0.1) is 0 Å². The van der Waals surface area contributed by atoms with E-state index in [4.69, 9.17) is 5.73 Å². The molecule has 2 aliphatic rings. The third kappa shape index (κ3) is 5.28. The zero-order chi connectivity index (χ0) is 25.5. The van der Waals surface area contributed by atoms with Crippen molar-refractivity contribution in [3.63, 3.8) is 0 Å². The number of halogens is 3. The van der Waals surface area contributed by atoms with Crippen molar-refractivity contribution in [2.45, 2.75) is 57.5 Å². The molecular weight excluding hydrogens is 461 g/mol. The molecule has 4 N–H and O–H groups in total. The third-order valence-corrected chi connectivity index (χ3v) is 6.87. The number of carbonyl (C=O) groups is 1. The van der Waals surface area contributed by atoms with Crippen LogP contribution in [-0.2, 0) is 0 Å². The van der Waals surface area contributed by atoms with E-state index >= 15 is 0 Å². The Labute approximate surface area is 201 Å². The summed E-state index contributed by atoms with van der Waals surface area (Å²) in [7, 11) is 0. The summed E-state index contributed by atoms with van der Waals surface area (Å²) in [6.07, 6.45) is -3.48. The minimum Gasteiger partial charge on any atom is -0.379 e. The standard InChI is InChI=1S/C24H29F3N6O2/c1-23(2)12-32(13-23)17-7-8-19(15(9-17)10-28)33-11-18(21(29)35)22(31-33)30-16-5-3-14(4-6-16)20(34)24(25,26)27/h3-6,11,15,17,19-20,34H,7-9,12-13H2,1-2H3,(H2,29,35)(H,30,31)/t15-,17+,19+,20+/m1/s1. The molecule has 2 aromatic rings. The number of aromatic nitrogens is 2. The van der Waals surface area contributed by atoms with Crippen molar-refractivity contribution in [1.29, 1.82) is 5.26 Å². The second-order valence-corrected chi connectivity index (χ2v) is 10.3. The first-order valence-corrected chi connectivity index (χ1v) is 11.5. The van der Waals surface area contributed by atoms with Crippen molar-refractivity contribution in [2.75, 3.05) is 18.4 Å². The minimum atomic E-state index is -4.77. The van der Waals surface area contributed by atoms with Gasteiger partial charge in [0.15, 0.2) is 11.9 Å². The number of aliphatic hydroxyl groups is 1. The Morgan fingerprint density at radius 1 is 1.29 bits per heavy atom. The number of aliphatic hydroxyl groups excluding tert-OH is 1. The number of carbonyl (C=O) groups excluding carboxylic acids is 1. The van der Waals surface area contributed by atoms with Gasteiger partial charge in [0.05, 0.1) is 18.0 Å². The third-order valence-electron chi connectivity index (χ3n) is 6.87. The summed E-state index contributed by atoms with van der Waals surface area (Å²) in [4.78, 5) is 14.5. The van der Waals surface area contributed by atoms with Gasteiger partial charge in [-0.1, -0.05) is 26.0 Å². The van der Waals surface area contributed by atoms with Crippen molar-refractivity contribution in [3.05, 3.63) is 41.6 Å². The molecule has 35 heavy (non-hydrogen) atoms. The summed E-state index contributed by atoms with van der Waals surface area (Å²) < 4.78 is 39.8. The van der Waals surface area contributed by atoms with E-state index in [2.05, 4.69) is 35.2 Å². The zero-order valence-electron chi connectivity index (χ0n) is 19.6. The number of hydrogen-bond acceptors (Lipinski definition) is 6. The largest absolute Gasteiger partial charge is 0.418 e. The number of rotatable bonds is 6. The summed E-state index contributed by atoms with van der Waals surface area (Å²) >= 11 is 0. The van der Waals surface area contributed by atoms with Crippen LogP contribution in [0.5, 0.6) is 0 Å². The first kappa shape index (κ1) is 25.0. The Kier molecular flexibility index (Phi) is 6.55. The Balaban J connectivity index is 1.50. The van der Waals surface area contributed by atoms with Gasteiger partial charge in [0.25, 0.3) is 5.91 Å². The molecule has 0 spiro atoms. The molecule has 0 radical (unpaired) electrons. The fourth-order valence-electron chi connectivity index (χ4n) is 5.14. The molecule has 11 heteroatoms. The van der Waals surface area contributed by atoms with Crippen LogP contribution >= 0.6 is 0 Å². The maximum atomic E-state index is 12.7. The molecule has 1 saturated carbocycles. The average Bonchev–Trinajstić information content (AvgIpc) is 3.20. The predicted molar refractivity (Wildman–Crippen MR) is 123 cm³/mol. The molecule has 2 heterocycles. The summed E-state index contributed by atoms with van der Waals surface area (Å²) in [6, 6.07) is 7.52. The van der Waals surface area contributed by atoms with Crippen LogP contribution in [0.15, 0.2) is 30.5 Å². The number of nitrogens with two attached hydrogens (primary N) is 1. The molecule has 1 amide bonds. The summed E-state index contributed by atoms with van der Waals surface area (Å²) in [6.45, 7) is 6.49. The van der Waals surface area contributed by atoms with Crippen LogP contribution in [0.3, 0.4) is 0 Å². The van der Waals surface area contributed by atoms with Gasteiger partial charge in [0, 0.05) is 31.0 Å². The number of likely N-dealkylation sites (tertiary alicyclic amines) is 1. The number of primary amides is 1. The second-order valence-electron chi connectivity index (χ2n) is 10.3. The molecule has 1 aliphatic heterocycles. The lowest BCUT2D eigenvalue weighted by Gasteiger charge is -2.52. The van der Waals surface area contributed by atoms with Gasteiger partial charge in [-0.05, 0) is 42.4 Å². The fraction of sp³-hybridized carbons (Fsp3) is 0.542. The van der Waals surface area contributed by atoms with Crippen LogP contribution in [0.4, 0.5) is 24.7 Å². The van der Waals surface area contributed by atoms with Crippen LogP contribution in [-0.4, -0.2) is 51.0 Å². The van der Waals surface area contributed by atoms with Crippen molar-refractivity contribution in [1.82, 2.24) is 14.7 Å². The van der Waals surface area contributed by atoms with Crippen LogP contribution in [0.2, 0.25) is 0 Å². The minimum absolute atomic E-state index is 0.118. The highest BCUT2D eigenvalue weighted by atomic mass is 19.4. The Morgan fingerprint density at radius 3 is 2.49 bits per heavy atom. The molecule has 1 aromatic carbocycles. The van der Waals surface area contributed by atoms with E-state index < -0.39 is 18.2 Å². The maximum absolute atomic E-state index is 12.7. The lowest BCUT2D eigenvalue weighted by atomic mass is 9.77. The second kappa shape index (κ2) is 9.17. The smallest absolute Gasteiger partial charge is 0.379 e. The molecule has 1 saturated heterocycles. The number of nitriles is 1. The lowest BCUT2D eigenvalue weighted by Crippen LogP contribution is -2.58. The Morgan fingerprint density at radius 2 is 1.94 bits per heavy atom. The first-order valence-electron chi connectivity index (χ1n) is 11.5. The topological polar surface area (TPSA) is 120 Å². The monoisotopic (exact) mass is 490 g/mol. The highest BCUT2D eigenvalue weighted by Gasteiger charge is 2.42. The van der Waals surface area contributed by atoms with Crippen molar-refractivity contribution < 1.29 is 23.1 Å². The molecule has 4 rings (SSSR count). The number of nitrogens with zero attached hydrogens (tertiary/aromatic N) is 4.